The maximum Gasteiger partial charge on any atom is -0.0298 e. The lowest BCUT2D eigenvalue weighted by atomic mass is 9.77. The van der Waals surface area contributed by atoms with Crippen LogP contribution in [-0.2, 0) is 0 Å². The zero-order valence-corrected chi connectivity index (χ0v) is 8.48. The van der Waals surface area contributed by atoms with Crippen LogP contribution in [0.1, 0.15) is 53.4 Å². The molecule has 0 N–H and O–H groups in total. The first-order valence-corrected chi connectivity index (χ1v) is 5.14. The SMILES string of the molecule is CCCC(C)(CC)C1CC1C. The Morgan fingerprint density at radius 2 is 1.91 bits per heavy atom. The van der Waals surface area contributed by atoms with Gasteiger partial charge in [0.05, 0.1) is 0 Å². The number of rotatable bonds is 4. The van der Waals surface area contributed by atoms with E-state index in [0.29, 0.717) is 5.41 Å². The first-order valence-electron chi connectivity index (χ1n) is 5.14. The summed E-state index contributed by atoms with van der Waals surface area (Å²) in [6.45, 7) is 9.53. The molecule has 11 heavy (non-hydrogen) atoms. The second kappa shape index (κ2) is 3.16. The summed E-state index contributed by atoms with van der Waals surface area (Å²) in [4.78, 5) is 0. The zero-order chi connectivity index (χ0) is 8.48. The number of hydrogen-bond donors (Lipinski definition) is 0. The van der Waals surface area contributed by atoms with Gasteiger partial charge in [-0.25, -0.2) is 0 Å². The second-order valence-corrected chi connectivity index (χ2v) is 4.58. The quantitative estimate of drug-likeness (QED) is 0.577. The lowest BCUT2D eigenvalue weighted by Crippen LogP contribution is -2.18. The topological polar surface area (TPSA) is 0 Å². The molecule has 3 atom stereocenters. The second-order valence-electron chi connectivity index (χ2n) is 4.58. The summed E-state index contributed by atoms with van der Waals surface area (Å²) in [6, 6.07) is 0. The molecule has 1 aliphatic rings. The standard InChI is InChI=1S/C11H22/c1-5-7-11(4,6-2)10-8-9(10)3/h9-10H,5-8H2,1-4H3. The van der Waals surface area contributed by atoms with Crippen LogP contribution in [0.2, 0.25) is 0 Å². The average molecular weight is 154 g/mol. The average Bonchev–Trinajstić information content (AvgIpc) is 2.68. The van der Waals surface area contributed by atoms with E-state index in [-0.39, 0.29) is 0 Å². The van der Waals surface area contributed by atoms with Gasteiger partial charge in [-0.1, -0.05) is 40.5 Å². The first kappa shape index (κ1) is 9.09. The van der Waals surface area contributed by atoms with Crippen LogP contribution in [0, 0.1) is 17.3 Å². The Balaban J connectivity index is 2.46. The van der Waals surface area contributed by atoms with Crippen molar-refractivity contribution in [3.63, 3.8) is 0 Å². The van der Waals surface area contributed by atoms with Gasteiger partial charge in [-0.05, 0) is 30.1 Å². The molecule has 0 nitrogen and oxygen atoms in total. The minimum atomic E-state index is 0.675. The van der Waals surface area contributed by atoms with Crippen molar-refractivity contribution in [2.75, 3.05) is 0 Å². The maximum atomic E-state index is 2.48. The highest BCUT2D eigenvalue weighted by Gasteiger charge is 2.45. The third kappa shape index (κ3) is 1.77. The summed E-state index contributed by atoms with van der Waals surface area (Å²) in [5.41, 5.74) is 0.675. The molecule has 1 rings (SSSR count). The summed E-state index contributed by atoms with van der Waals surface area (Å²) in [6.07, 6.45) is 5.65. The van der Waals surface area contributed by atoms with Crippen LogP contribution in [0.5, 0.6) is 0 Å². The molecule has 0 heterocycles. The molecule has 0 aromatic heterocycles. The zero-order valence-electron chi connectivity index (χ0n) is 8.48. The summed E-state index contributed by atoms with van der Waals surface area (Å²) in [5, 5.41) is 0. The molecule has 0 aromatic carbocycles. The molecule has 0 spiro atoms. The van der Waals surface area contributed by atoms with Crippen molar-refractivity contribution < 1.29 is 0 Å². The van der Waals surface area contributed by atoms with Crippen molar-refractivity contribution in [2.24, 2.45) is 17.3 Å². The highest BCUT2D eigenvalue weighted by molar-refractivity contribution is 4.95. The molecule has 1 saturated carbocycles. The van der Waals surface area contributed by atoms with E-state index in [4.69, 9.17) is 0 Å². The maximum absolute atomic E-state index is 2.48. The van der Waals surface area contributed by atoms with Gasteiger partial charge in [0, 0.05) is 0 Å². The van der Waals surface area contributed by atoms with Crippen LogP contribution in [0.25, 0.3) is 0 Å². The molecule has 0 bridgehead atoms. The molecule has 0 saturated heterocycles. The van der Waals surface area contributed by atoms with Crippen LogP contribution in [0.4, 0.5) is 0 Å². The van der Waals surface area contributed by atoms with Crippen molar-refractivity contribution in [1.29, 1.82) is 0 Å². The molecule has 66 valence electrons. The van der Waals surface area contributed by atoms with Gasteiger partial charge >= 0.3 is 0 Å². The predicted octanol–water partition coefficient (Wildman–Crippen LogP) is 3.86. The smallest absolute Gasteiger partial charge is 0.0298 e. The molecule has 0 amide bonds. The highest BCUT2D eigenvalue weighted by atomic mass is 14.5. The Morgan fingerprint density at radius 1 is 1.36 bits per heavy atom. The van der Waals surface area contributed by atoms with Gasteiger partial charge in [0.25, 0.3) is 0 Å². The van der Waals surface area contributed by atoms with Gasteiger partial charge in [0.2, 0.25) is 0 Å². The molecule has 3 unspecified atom stereocenters. The van der Waals surface area contributed by atoms with E-state index in [1.807, 2.05) is 0 Å². The van der Waals surface area contributed by atoms with Crippen LogP contribution in [-0.4, -0.2) is 0 Å². The Hall–Kier alpha value is 0. The molecule has 0 heteroatoms. The molecule has 1 aliphatic carbocycles. The monoisotopic (exact) mass is 154 g/mol. The lowest BCUT2D eigenvalue weighted by molar-refractivity contribution is 0.225. The Labute approximate surface area is 71.4 Å². The van der Waals surface area contributed by atoms with Gasteiger partial charge in [0.15, 0.2) is 0 Å². The Kier molecular flexibility index (Phi) is 2.61. The summed E-state index contributed by atoms with van der Waals surface area (Å²) in [7, 11) is 0. The predicted molar refractivity (Wildman–Crippen MR) is 50.6 cm³/mol. The summed E-state index contributed by atoms with van der Waals surface area (Å²) in [5.74, 6) is 2.07. The van der Waals surface area contributed by atoms with Crippen LogP contribution >= 0.6 is 0 Å². The molecule has 0 aromatic rings. The molecular formula is C11H22. The van der Waals surface area contributed by atoms with E-state index < -0.39 is 0 Å². The molecule has 1 fully saturated rings. The lowest BCUT2D eigenvalue weighted by Gasteiger charge is -2.28. The van der Waals surface area contributed by atoms with Crippen molar-refractivity contribution in [3.05, 3.63) is 0 Å². The summed E-state index contributed by atoms with van der Waals surface area (Å²) >= 11 is 0. The van der Waals surface area contributed by atoms with E-state index in [1.165, 1.54) is 25.7 Å². The molecule has 0 radical (unpaired) electrons. The van der Waals surface area contributed by atoms with E-state index in [9.17, 15) is 0 Å². The van der Waals surface area contributed by atoms with E-state index in [1.54, 1.807) is 0 Å². The fourth-order valence-corrected chi connectivity index (χ4v) is 2.49. The van der Waals surface area contributed by atoms with E-state index in [2.05, 4.69) is 27.7 Å². The van der Waals surface area contributed by atoms with E-state index >= 15 is 0 Å². The minimum Gasteiger partial charge on any atom is -0.0654 e. The fraction of sp³-hybridized carbons (Fsp3) is 1.00. The normalized spacial score (nSPS) is 34.9. The first-order chi connectivity index (χ1) is 5.14. The third-order valence-electron chi connectivity index (χ3n) is 3.63. The third-order valence-corrected chi connectivity index (χ3v) is 3.63. The van der Waals surface area contributed by atoms with Gasteiger partial charge in [-0.2, -0.15) is 0 Å². The highest BCUT2D eigenvalue weighted by Crippen LogP contribution is 2.54. The van der Waals surface area contributed by atoms with Crippen molar-refractivity contribution in [3.8, 4) is 0 Å². The molecule has 0 aliphatic heterocycles. The van der Waals surface area contributed by atoms with E-state index in [0.717, 1.165) is 11.8 Å². The van der Waals surface area contributed by atoms with Gasteiger partial charge in [-0.15, -0.1) is 0 Å². The largest absolute Gasteiger partial charge is 0.0654 e. The van der Waals surface area contributed by atoms with Gasteiger partial charge < -0.3 is 0 Å². The Morgan fingerprint density at radius 3 is 2.18 bits per heavy atom. The molecular weight excluding hydrogens is 132 g/mol. The van der Waals surface area contributed by atoms with Crippen LogP contribution < -0.4 is 0 Å². The van der Waals surface area contributed by atoms with Gasteiger partial charge in [0.1, 0.15) is 0 Å². The Bertz CT molecular complexity index is 128. The van der Waals surface area contributed by atoms with Crippen molar-refractivity contribution in [1.82, 2.24) is 0 Å². The van der Waals surface area contributed by atoms with Crippen molar-refractivity contribution in [2.45, 2.75) is 53.4 Å². The van der Waals surface area contributed by atoms with Crippen LogP contribution in [0.15, 0.2) is 0 Å². The van der Waals surface area contributed by atoms with Gasteiger partial charge in [-0.3, -0.25) is 0 Å². The van der Waals surface area contributed by atoms with Crippen LogP contribution in [0.3, 0.4) is 0 Å². The minimum absolute atomic E-state index is 0.675. The van der Waals surface area contributed by atoms with Crippen molar-refractivity contribution >= 4 is 0 Å². The fourth-order valence-electron chi connectivity index (χ4n) is 2.49. The summed E-state index contributed by atoms with van der Waals surface area (Å²) < 4.78 is 0. The number of hydrogen-bond acceptors (Lipinski definition) is 0.